The summed E-state index contributed by atoms with van der Waals surface area (Å²) in [7, 11) is 1.97. The van der Waals surface area contributed by atoms with Crippen molar-refractivity contribution >= 4 is 45.3 Å². The maximum atomic E-state index is 11.0. The zero-order valence-electron chi connectivity index (χ0n) is 19.2. The molecular formula is C24H23N3O6S2. The van der Waals surface area contributed by atoms with E-state index in [-0.39, 0.29) is 26.8 Å². The number of non-ortho nitro benzene ring substituents is 1. The van der Waals surface area contributed by atoms with Crippen molar-refractivity contribution < 1.29 is 19.4 Å². The summed E-state index contributed by atoms with van der Waals surface area (Å²) in [4.78, 5) is 34.0. The van der Waals surface area contributed by atoms with Crippen LogP contribution in [0.3, 0.4) is 0 Å². The number of nitro groups is 2. The summed E-state index contributed by atoms with van der Waals surface area (Å²) >= 11 is 2.52. The molecule has 3 aromatic rings. The first-order chi connectivity index (χ1) is 16.7. The van der Waals surface area contributed by atoms with E-state index in [4.69, 9.17) is 4.74 Å². The van der Waals surface area contributed by atoms with E-state index in [9.17, 15) is 25.0 Å². The number of ketones is 1. The predicted molar refractivity (Wildman–Crippen MR) is 137 cm³/mol. The maximum Gasteiger partial charge on any atom is 0.324 e. The van der Waals surface area contributed by atoms with Crippen LogP contribution >= 0.6 is 23.1 Å². The van der Waals surface area contributed by atoms with Crippen molar-refractivity contribution in [2.75, 3.05) is 7.05 Å². The van der Waals surface area contributed by atoms with Gasteiger partial charge in [0.05, 0.1) is 25.8 Å². The van der Waals surface area contributed by atoms with Gasteiger partial charge in [0, 0.05) is 37.2 Å². The molecule has 11 heteroatoms. The molecule has 0 fully saturated rings. The van der Waals surface area contributed by atoms with Gasteiger partial charge in [-0.1, -0.05) is 60.4 Å². The number of nitrogens with zero attached hydrogens (tertiary/aromatic N) is 3. The molecule has 2 aromatic carbocycles. The maximum absolute atomic E-state index is 11.0. The lowest BCUT2D eigenvalue weighted by molar-refractivity contribution is -0.384. The van der Waals surface area contributed by atoms with Crippen LogP contribution in [0.15, 0.2) is 71.8 Å². The van der Waals surface area contributed by atoms with Crippen molar-refractivity contribution in [1.29, 1.82) is 0 Å². The molecule has 0 saturated carbocycles. The van der Waals surface area contributed by atoms with Crippen LogP contribution in [0.4, 0.5) is 10.7 Å². The Hall–Kier alpha value is -3.70. The quantitative estimate of drug-likeness (QED) is 0.198. The largest absolute Gasteiger partial charge is 0.448 e. The third kappa shape index (κ3) is 6.46. The third-order valence-electron chi connectivity index (χ3n) is 5.02. The number of hydrogen-bond donors (Lipinski definition) is 0. The van der Waals surface area contributed by atoms with Crippen molar-refractivity contribution in [1.82, 2.24) is 4.90 Å². The average molecular weight is 514 g/mol. The van der Waals surface area contributed by atoms with E-state index in [0.717, 1.165) is 33.4 Å². The Balaban J connectivity index is 0.000000241. The molecule has 1 aliphatic heterocycles. The van der Waals surface area contributed by atoms with Gasteiger partial charge in [0.2, 0.25) is 0 Å². The van der Waals surface area contributed by atoms with Crippen LogP contribution in [-0.4, -0.2) is 33.0 Å². The zero-order chi connectivity index (χ0) is 25.5. The average Bonchev–Trinajstić information content (AvgIpc) is 3.45. The van der Waals surface area contributed by atoms with E-state index in [1.54, 1.807) is 30.8 Å². The molecule has 0 radical (unpaired) electrons. The second-order valence-electron chi connectivity index (χ2n) is 7.36. The van der Waals surface area contributed by atoms with Crippen LogP contribution in [0.2, 0.25) is 0 Å². The number of nitro benzene ring substituents is 1. The number of Topliss-reactive ketones (excluding diaryl/α,β-unsaturated/α-hetero) is 1. The molecule has 0 saturated heterocycles. The van der Waals surface area contributed by atoms with Crippen LogP contribution in [0, 0.1) is 20.2 Å². The predicted octanol–water partition coefficient (Wildman–Crippen LogP) is 6.57. The van der Waals surface area contributed by atoms with Crippen molar-refractivity contribution in [2.45, 2.75) is 25.6 Å². The van der Waals surface area contributed by atoms with Gasteiger partial charge in [0.25, 0.3) is 5.69 Å². The number of rotatable bonds is 7. The summed E-state index contributed by atoms with van der Waals surface area (Å²) in [6, 6.07) is 19.0. The van der Waals surface area contributed by atoms with Gasteiger partial charge in [-0.15, -0.1) is 0 Å². The summed E-state index contributed by atoms with van der Waals surface area (Å²) < 4.78 is 6.01. The van der Waals surface area contributed by atoms with Crippen molar-refractivity contribution in [3.63, 3.8) is 0 Å². The molecule has 0 N–H and O–H groups in total. The Labute approximate surface area is 210 Å². The highest BCUT2D eigenvalue weighted by atomic mass is 32.2. The molecule has 1 aromatic heterocycles. The number of carbonyl (C=O) groups is 1. The summed E-state index contributed by atoms with van der Waals surface area (Å²) in [5.74, 6) is 0.702. The lowest BCUT2D eigenvalue weighted by Gasteiger charge is -2.20. The Morgan fingerprint density at radius 1 is 1.03 bits per heavy atom. The second-order valence-corrected chi connectivity index (χ2v) is 9.71. The molecular weight excluding hydrogens is 490 g/mol. The first-order valence-corrected chi connectivity index (χ1v) is 12.3. The summed E-state index contributed by atoms with van der Waals surface area (Å²) in [5.41, 5.74) is 1.73. The topological polar surface area (TPSA) is 116 Å². The van der Waals surface area contributed by atoms with E-state index in [1.165, 1.54) is 18.2 Å². The molecule has 2 heterocycles. The van der Waals surface area contributed by atoms with Gasteiger partial charge in [-0.2, -0.15) is 0 Å². The Morgan fingerprint density at radius 2 is 1.74 bits per heavy atom. The monoisotopic (exact) mass is 513 g/mol. The molecule has 1 unspecified atom stereocenters. The van der Waals surface area contributed by atoms with E-state index in [0.29, 0.717) is 11.3 Å². The molecule has 0 amide bonds. The lowest BCUT2D eigenvalue weighted by Crippen LogP contribution is -2.20. The van der Waals surface area contributed by atoms with Gasteiger partial charge in [-0.3, -0.25) is 25.0 Å². The van der Waals surface area contributed by atoms with Gasteiger partial charge in [-0.25, -0.2) is 0 Å². The molecule has 4 rings (SSSR count). The Morgan fingerprint density at radius 3 is 2.34 bits per heavy atom. The number of para-hydroxylation sites is 1. The van der Waals surface area contributed by atoms with Crippen molar-refractivity contribution in [3.8, 4) is 5.75 Å². The third-order valence-corrected chi connectivity index (χ3v) is 7.25. The zero-order valence-corrected chi connectivity index (χ0v) is 20.9. The molecule has 0 spiro atoms. The van der Waals surface area contributed by atoms with Crippen molar-refractivity contribution in [3.05, 3.63) is 102 Å². The van der Waals surface area contributed by atoms with E-state index in [2.05, 4.69) is 11.8 Å². The fraction of sp³-hybridized carbons (Fsp3) is 0.208. The minimum absolute atomic E-state index is 0.0202. The molecule has 0 bridgehead atoms. The lowest BCUT2D eigenvalue weighted by atomic mass is 10.1. The molecule has 35 heavy (non-hydrogen) atoms. The molecule has 0 aliphatic carbocycles. The fourth-order valence-electron chi connectivity index (χ4n) is 3.12. The number of ether oxygens (including phenoxy) is 1. The van der Waals surface area contributed by atoms with Gasteiger partial charge in [0.1, 0.15) is 5.75 Å². The highest BCUT2D eigenvalue weighted by Crippen LogP contribution is 2.43. The minimum Gasteiger partial charge on any atom is -0.448 e. The summed E-state index contributed by atoms with van der Waals surface area (Å²) in [5, 5.41) is 22.2. The number of carbonyl (C=O) groups excluding carboxylic acids is 1. The Bertz CT molecular complexity index is 1260. The van der Waals surface area contributed by atoms with Crippen LogP contribution < -0.4 is 4.74 Å². The smallest absolute Gasteiger partial charge is 0.324 e. The SMILES string of the molecule is CC1SC(Oc2ccccc2)=C(c2cccc([N+](=O)[O-])c2)N1C.CCC(=O)c1ccc([N+](=O)[O-])s1. The van der Waals surface area contributed by atoms with Gasteiger partial charge >= 0.3 is 5.00 Å². The first kappa shape index (κ1) is 25.9. The fourth-order valence-corrected chi connectivity index (χ4v) is 5.04. The van der Waals surface area contributed by atoms with Crippen molar-refractivity contribution in [2.24, 2.45) is 0 Å². The number of thiophene rings is 1. The van der Waals surface area contributed by atoms with Crippen LogP contribution in [0.25, 0.3) is 5.70 Å². The minimum atomic E-state index is -0.489. The van der Waals surface area contributed by atoms with E-state index in [1.807, 2.05) is 43.4 Å². The first-order valence-electron chi connectivity index (χ1n) is 10.6. The second kappa shape index (κ2) is 11.6. The number of benzene rings is 2. The van der Waals surface area contributed by atoms with Gasteiger partial charge in [-0.05, 0) is 25.1 Å². The molecule has 1 atom stereocenters. The summed E-state index contributed by atoms with van der Waals surface area (Å²) in [6.45, 7) is 3.80. The van der Waals surface area contributed by atoms with Crippen LogP contribution in [0.5, 0.6) is 5.75 Å². The van der Waals surface area contributed by atoms with E-state index >= 15 is 0 Å². The van der Waals surface area contributed by atoms with Crippen LogP contribution in [0.1, 0.15) is 35.5 Å². The highest BCUT2D eigenvalue weighted by Gasteiger charge is 2.30. The van der Waals surface area contributed by atoms with E-state index < -0.39 is 4.92 Å². The molecule has 9 nitrogen and oxygen atoms in total. The number of thioether (sulfide) groups is 1. The molecule has 182 valence electrons. The normalized spacial score (nSPS) is 14.8. The molecule has 1 aliphatic rings. The Kier molecular flexibility index (Phi) is 8.61. The van der Waals surface area contributed by atoms with Crippen LogP contribution in [-0.2, 0) is 0 Å². The highest BCUT2D eigenvalue weighted by molar-refractivity contribution is 8.03. The number of hydrogen-bond acceptors (Lipinski definition) is 9. The summed E-state index contributed by atoms with van der Waals surface area (Å²) in [6.07, 6.45) is 0.387. The standard InChI is InChI=1S/C17H16N2O3S.C7H7NO3S/c1-12-18(2)16(13-7-6-8-14(11-13)19(20)21)17(23-12)22-15-9-4-3-5-10-15;1-2-5(9)6-3-4-7(12-6)8(10)11/h3-12H,1-2H3;3-4H,2H2,1H3. The van der Waals surface area contributed by atoms with Gasteiger partial charge < -0.3 is 9.64 Å². The van der Waals surface area contributed by atoms with Gasteiger partial charge in [0.15, 0.2) is 10.9 Å².